The third kappa shape index (κ3) is 5.21. The lowest BCUT2D eigenvalue weighted by Crippen LogP contribution is -2.39. The van der Waals surface area contributed by atoms with Gasteiger partial charge < -0.3 is 14.8 Å². The van der Waals surface area contributed by atoms with Gasteiger partial charge in [-0.1, -0.05) is 12.1 Å². The van der Waals surface area contributed by atoms with Gasteiger partial charge in [0.05, 0.1) is 31.7 Å². The molecule has 5 nitrogen and oxygen atoms in total. The van der Waals surface area contributed by atoms with Crippen molar-refractivity contribution in [1.82, 2.24) is 5.32 Å². The predicted octanol–water partition coefficient (Wildman–Crippen LogP) is 2.59. The fourth-order valence-electron chi connectivity index (χ4n) is 2.47. The number of carbonyl (C=O) groups is 2. The average Bonchev–Trinajstić information content (AvgIpc) is 2.50. The first kappa shape index (κ1) is 18.9. The van der Waals surface area contributed by atoms with Gasteiger partial charge in [-0.2, -0.15) is 0 Å². The Morgan fingerprint density at radius 1 is 1.35 bits per heavy atom. The Hall–Kier alpha value is -2.14. The van der Waals surface area contributed by atoms with Crippen molar-refractivity contribution in [3.05, 3.63) is 41.5 Å². The molecule has 0 saturated heterocycles. The van der Waals surface area contributed by atoms with E-state index in [1.54, 1.807) is 19.1 Å². The number of Topliss-reactive ketones (excluding diaryl/α,β-unsaturated/α-hetero) is 1. The van der Waals surface area contributed by atoms with Gasteiger partial charge in [-0.3, -0.25) is 9.59 Å². The molecule has 1 aromatic rings. The Bertz CT molecular complexity index is 581. The SMILES string of the molecule is C=CCNC(CC(=O)OCC)C(=O)c1cc(C)cc(C)c1OC. The molecule has 0 aliphatic rings. The second-order valence-corrected chi connectivity index (χ2v) is 5.29. The smallest absolute Gasteiger partial charge is 0.307 e. The first-order chi connectivity index (χ1) is 10.9. The molecule has 1 rings (SSSR count). The van der Waals surface area contributed by atoms with Gasteiger partial charge in [0, 0.05) is 6.54 Å². The Morgan fingerprint density at radius 2 is 2.04 bits per heavy atom. The van der Waals surface area contributed by atoms with Crippen molar-refractivity contribution in [2.45, 2.75) is 33.2 Å². The van der Waals surface area contributed by atoms with E-state index in [0.717, 1.165) is 11.1 Å². The lowest BCUT2D eigenvalue weighted by Gasteiger charge is -2.19. The van der Waals surface area contributed by atoms with Crippen LogP contribution in [0.3, 0.4) is 0 Å². The van der Waals surface area contributed by atoms with Crippen LogP contribution in [-0.4, -0.2) is 38.1 Å². The van der Waals surface area contributed by atoms with Crippen LogP contribution in [0.25, 0.3) is 0 Å². The third-order valence-corrected chi connectivity index (χ3v) is 3.39. The maximum absolute atomic E-state index is 12.9. The number of ketones is 1. The monoisotopic (exact) mass is 319 g/mol. The van der Waals surface area contributed by atoms with Gasteiger partial charge in [0.25, 0.3) is 0 Å². The van der Waals surface area contributed by atoms with Crippen LogP contribution in [0.4, 0.5) is 0 Å². The topological polar surface area (TPSA) is 64.6 Å². The highest BCUT2D eigenvalue weighted by atomic mass is 16.5. The number of methoxy groups -OCH3 is 1. The Kier molecular flexibility index (Phi) is 7.48. The molecule has 126 valence electrons. The first-order valence-corrected chi connectivity index (χ1v) is 7.63. The molecule has 0 amide bonds. The van der Waals surface area contributed by atoms with Crippen LogP contribution >= 0.6 is 0 Å². The number of esters is 1. The molecule has 1 aromatic carbocycles. The quantitative estimate of drug-likeness (QED) is 0.430. The van der Waals surface area contributed by atoms with Crippen molar-refractivity contribution in [3.63, 3.8) is 0 Å². The second-order valence-electron chi connectivity index (χ2n) is 5.29. The van der Waals surface area contributed by atoms with E-state index in [1.807, 2.05) is 19.9 Å². The van der Waals surface area contributed by atoms with E-state index < -0.39 is 12.0 Å². The molecule has 0 radical (unpaired) electrons. The maximum atomic E-state index is 12.9. The summed E-state index contributed by atoms with van der Waals surface area (Å²) in [5, 5.41) is 3.02. The van der Waals surface area contributed by atoms with Crippen molar-refractivity contribution in [3.8, 4) is 5.75 Å². The summed E-state index contributed by atoms with van der Waals surface area (Å²) in [4.78, 5) is 24.7. The van der Waals surface area contributed by atoms with Gasteiger partial charge >= 0.3 is 5.97 Å². The van der Waals surface area contributed by atoms with E-state index in [4.69, 9.17) is 9.47 Å². The number of aryl methyl sites for hydroxylation is 2. The van der Waals surface area contributed by atoms with Gasteiger partial charge in [-0.05, 0) is 38.0 Å². The zero-order valence-corrected chi connectivity index (χ0v) is 14.3. The predicted molar refractivity (Wildman–Crippen MR) is 90.0 cm³/mol. The molecule has 0 aliphatic carbocycles. The molecule has 0 saturated carbocycles. The molecule has 5 heteroatoms. The summed E-state index contributed by atoms with van der Waals surface area (Å²) >= 11 is 0. The van der Waals surface area contributed by atoms with Crippen LogP contribution < -0.4 is 10.1 Å². The van der Waals surface area contributed by atoms with E-state index in [1.165, 1.54) is 7.11 Å². The third-order valence-electron chi connectivity index (χ3n) is 3.39. The number of hydrogen-bond donors (Lipinski definition) is 1. The van der Waals surface area contributed by atoms with Gasteiger partial charge in [-0.25, -0.2) is 0 Å². The van der Waals surface area contributed by atoms with E-state index in [9.17, 15) is 9.59 Å². The fraction of sp³-hybridized carbons (Fsp3) is 0.444. The van der Waals surface area contributed by atoms with E-state index >= 15 is 0 Å². The molecule has 1 unspecified atom stereocenters. The fourth-order valence-corrected chi connectivity index (χ4v) is 2.47. The lowest BCUT2D eigenvalue weighted by molar-refractivity contribution is -0.143. The summed E-state index contributed by atoms with van der Waals surface area (Å²) < 4.78 is 10.3. The van der Waals surface area contributed by atoms with E-state index in [2.05, 4.69) is 11.9 Å². The Labute approximate surface area is 137 Å². The van der Waals surface area contributed by atoms with E-state index in [0.29, 0.717) is 17.9 Å². The van der Waals surface area contributed by atoms with Crippen molar-refractivity contribution in [2.24, 2.45) is 0 Å². The van der Waals surface area contributed by atoms with Gasteiger partial charge in [0.2, 0.25) is 0 Å². The molecular formula is C18H25NO4. The summed E-state index contributed by atoms with van der Waals surface area (Å²) in [6, 6.07) is 3.05. The molecule has 1 N–H and O–H groups in total. The zero-order valence-electron chi connectivity index (χ0n) is 14.3. The van der Waals surface area contributed by atoms with E-state index in [-0.39, 0.29) is 18.8 Å². The lowest BCUT2D eigenvalue weighted by atomic mass is 9.96. The average molecular weight is 319 g/mol. The number of nitrogens with one attached hydrogen (secondary N) is 1. The molecule has 1 atom stereocenters. The van der Waals surface area contributed by atoms with Gasteiger partial charge in [-0.15, -0.1) is 6.58 Å². The van der Waals surface area contributed by atoms with Crippen molar-refractivity contribution < 1.29 is 19.1 Å². The standard InChI is InChI=1S/C18H25NO4/c1-6-8-19-15(11-16(20)23-7-2)17(21)14-10-12(3)9-13(4)18(14)22-5/h6,9-10,15,19H,1,7-8,11H2,2-5H3. The largest absolute Gasteiger partial charge is 0.496 e. The number of ether oxygens (including phenoxy) is 2. The van der Waals surface area contributed by atoms with Crippen LogP contribution in [-0.2, 0) is 9.53 Å². The minimum absolute atomic E-state index is 0.0311. The molecule has 23 heavy (non-hydrogen) atoms. The summed E-state index contributed by atoms with van der Waals surface area (Å²) in [6.07, 6.45) is 1.61. The van der Waals surface area contributed by atoms with Crippen molar-refractivity contribution >= 4 is 11.8 Å². The van der Waals surface area contributed by atoms with Crippen molar-refractivity contribution in [2.75, 3.05) is 20.3 Å². The number of rotatable bonds is 9. The highest BCUT2D eigenvalue weighted by Gasteiger charge is 2.26. The zero-order chi connectivity index (χ0) is 17.4. The van der Waals surface area contributed by atoms with Crippen LogP contribution in [0.1, 0.15) is 34.8 Å². The number of carbonyl (C=O) groups excluding carboxylic acids is 2. The normalized spacial score (nSPS) is 11.7. The van der Waals surface area contributed by atoms with Crippen LogP contribution in [0.5, 0.6) is 5.75 Å². The summed E-state index contributed by atoms with van der Waals surface area (Å²) in [6.45, 7) is 9.87. The molecule has 0 bridgehead atoms. The summed E-state index contributed by atoms with van der Waals surface area (Å²) in [7, 11) is 1.53. The van der Waals surface area contributed by atoms with Crippen LogP contribution in [0.15, 0.2) is 24.8 Å². The maximum Gasteiger partial charge on any atom is 0.307 e. The van der Waals surface area contributed by atoms with Crippen LogP contribution in [0.2, 0.25) is 0 Å². The minimum atomic E-state index is -0.679. The molecule has 0 aliphatic heterocycles. The molecule has 0 aromatic heterocycles. The molecule has 0 fully saturated rings. The minimum Gasteiger partial charge on any atom is -0.496 e. The Morgan fingerprint density at radius 3 is 2.61 bits per heavy atom. The number of benzene rings is 1. The summed E-state index contributed by atoms with van der Waals surface area (Å²) in [5.74, 6) is -0.0656. The summed E-state index contributed by atoms with van der Waals surface area (Å²) in [5.41, 5.74) is 2.32. The molecule has 0 heterocycles. The van der Waals surface area contributed by atoms with Crippen LogP contribution in [0, 0.1) is 13.8 Å². The highest BCUT2D eigenvalue weighted by molar-refractivity contribution is 6.04. The second kappa shape index (κ2) is 9.10. The molecular weight excluding hydrogens is 294 g/mol. The number of hydrogen-bond acceptors (Lipinski definition) is 5. The first-order valence-electron chi connectivity index (χ1n) is 7.63. The molecule has 0 spiro atoms. The van der Waals surface area contributed by atoms with Crippen molar-refractivity contribution in [1.29, 1.82) is 0 Å². The van der Waals surface area contributed by atoms with Gasteiger partial charge in [0.15, 0.2) is 5.78 Å². The Balaban J connectivity index is 3.13. The van der Waals surface area contributed by atoms with Gasteiger partial charge in [0.1, 0.15) is 5.75 Å². The highest BCUT2D eigenvalue weighted by Crippen LogP contribution is 2.26.